The maximum Gasteiger partial charge on any atom is 0.311 e. The van der Waals surface area contributed by atoms with E-state index in [0.29, 0.717) is 37.3 Å². The number of aliphatic hydroxyl groups excluding tert-OH is 1. The van der Waals surface area contributed by atoms with Gasteiger partial charge in [0.25, 0.3) is 0 Å². The number of aliphatic hydroxyl groups is 2. The number of ether oxygens (including phenoxy) is 7. The zero-order valence-electron chi connectivity index (χ0n) is 41.6. The van der Waals surface area contributed by atoms with Crippen molar-refractivity contribution in [2.75, 3.05) is 6.61 Å². The Kier molecular flexibility index (Phi) is 18.6. The number of cyclic esters (lactones) is 1. The lowest BCUT2D eigenvalue weighted by Gasteiger charge is -2.50. The molecule has 4 aliphatic rings. The molecule has 0 aromatic heterocycles. The summed E-state index contributed by atoms with van der Waals surface area (Å²) in [7, 11) is 0. The zero-order chi connectivity index (χ0) is 46.5. The monoisotopic (exact) mass is 880 g/mol. The van der Waals surface area contributed by atoms with Gasteiger partial charge in [-0.25, -0.2) is 0 Å². The Hall–Kier alpha value is -1.64. The molecule has 360 valence electrons. The fourth-order valence-electron chi connectivity index (χ4n) is 10.9. The van der Waals surface area contributed by atoms with Crippen LogP contribution in [0.5, 0.6) is 0 Å². The second-order valence-corrected chi connectivity index (χ2v) is 21.5. The van der Waals surface area contributed by atoms with Crippen LogP contribution in [0.15, 0.2) is 17.8 Å². The van der Waals surface area contributed by atoms with E-state index < -0.39 is 83.6 Å². The number of rotatable bonds is 12. The summed E-state index contributed by atoms with van der Waals surface area (Å²) < 4.78 is 47.3. The van der Waals surface area contributed by atoms with Gasteiger partial charge < -0.3 is 48.2 Å². The number of nitrogens with zero attached hydrogens (tertiary/aromatic N) is 1. The molecule has 0 bridgehead atoms. The predicted octanol–water partition coefficient (Wildman–Crippen LogP) is 9.76. The molecular formula is C50H89NO11. The lowest BCUT2D eigenvalue weighted by molar-refractivity contribution is -0.304. The van der Waals surface area contributed by atoms with E-state index in [1.165, 1.54) is 6.92 Å². The van der Waals surface area contributed by atoms with Crippen molar-refractivity contribution in [1.29, 1.82) is 0 Å². The minimum Gasteiger partial charge on any atom is -0.459 e. The molecule has 0 spiro atoms. The minimum atomic E-state index is -1.87. The van der Waals surface area contributed by atoms with Crippen LogP contribution < -0.4 is 0 Å². The highest BCUT2D eigenvalue weighted by atomic mass is 16.8. The highest BCUT2D eigenvalue weighted by Gasteiger charge is 2.53. The van der Waals surface area contributed by atoms with Crippen molar-refractivity contribution >= 4 is 11.7 Å². The number of hydrogen-bond acceptors (Lipinski definition) is 12. The Morgan fingerprint density at radius 1 is 0.903 bits per heavy atom. The van der Waals surface area contributed by atoms with Gasteiger partial charge in [-0.3, -0.25) is 4.79 Å². The third kappa shape index (κ3) is 12.4. The van der Waals surface area contributed by atoms with E-state index in [2.05, 4.69) is 68.9 Å². The standard InChI is InChI=1S/C50H89NO11/c1-18-25-55-48(16)27-31(6)41(51-62-50(61-29(3)4)23-21-20-22-24-50)34(9)43(52)49(17,54)39(19-2)58-45(53)36(11)42(59-40-28-47(14,15)37(12)38(13)57-40)35(10)44(48)60-46-33(8)30(5)26-32(7)56-46/h18,29-40,42-44,46,52,54H,1,19-28H2,2-17H3/b51-41-/t30-,31+,32+,33+,34-,35-,36+,37-,38-,39+,40?,42-,43+,44+,46-,48-,49+/m0/s1. The van der Waals surface area contributed by atoms with Crippen LogP contribution in [0.25, 0.3) is 0 Å². The first-order valence-corrected chi connectivity index (χ1v) is 24.2. The molecule has 4 rings (SSSR count). The van der Waals surface area contributed by atoms with Gasteiger partial charge in [0.05, 0.1) is 60.5 Å². The number of hydrogen-bond donors (Lipinski definition) is 2. The maximum atomic E-state index is 14.7. The first-order valence-electron chi connectivity index (χ1n) is 24.2. The molecule has 62 heavy (non-hydrogen) atoms. The number of esters is 1. The van der Waals surface area contributed by atoms with E-state index in [-0.39, 0.29) is 48.6 Å². The Labute approximate surface area is 375 Å². The molecule has 1 aliphatic carbocycles. The van der Waals surface area contributed by atoms with Gasteiger partial charge in [-0.15, -0.1) is 6.58 Å². The molecule has 0 aromatic carbocycles. The van der Waals surface area contributed by atoms with E-state index in [1.807, 2.05) is 41.5 Å². The lowest BCUT2D eigenvalue weighted by Crippen LogP contribution is -2.59. The first kappa shape index (κ1) is 53.0. The quantitative estimate of drug-likeness (QED) is 0.0837. The number of oxime groups is 1. The molecule has 3 saturated heterocycles. The fourth-order valence-corrected chi connectivity index (χ4v) is 10.9. The van der Waals surface area contributed by atoms with Crippen LogP contribution in [0, 0.1) is 46.8 Å². The van der Waals surface area contributed by atoms with Gasteiger partial charge in [0.1, 0.15) is 11.7 Å². The Morgan fingerprint density at radius 2 is 1.55 bits per heavy atom. The summed E-state index contributed by atoms with van der Waals surface area (Å²) in [4.78, 5) is 21.2. The van der Waals surface area contributed by atoms with Crippen molar-refractivity contribution in [3.05, 3.63) is 12.7 Å². The van der Waals surface area contributed by atoms with E-state index >= 15 is 0 Å². The third-order valence-corrected chi connectivity index (χ3v) is 15.4. The SMILES string of the molecule is C=CCO[C@@]1(C)C[C@@H](C)/C(=N/OC2(OC(C)C)CCCCC2)[C@H](C)[C@@H](O)[C@](C)(O)[C@@H](CC)OC(=O)[C@H](C)[C@@H](OC2CC(C)(C)[C@@H](C)[C@H](C)O2)[C@H](C)[C@H]1O[C@@H]1O[C@H](C)C[C@H](C)[C@H]1C. The Morgan fingerprint density at radius 3 is 2.13 bits per heavy atom. The van der Waals surface area contributed by atoms with Crippen molar-refractivity contribution in [1.82, 2.24) is 0 Å². The summed E-state index contributed by atoms with van der Waals surface area (Å²) in [5.74, 6) is -3.31. The van der Waals surface area contributed by atoms with Gasteiger partial charge in [0, 0.05) is 42.9 Å². The van der Waals surface area contributed by atoms with Gasteiger partial charge in [-0.1, -0.05) is 80.0 Å². The van der Waals surface area contributed by atoms with Gasteiger partial charge in [0.15, 0.2) is 12.6 Å². The summed E-state index contributed by atoms with van der Waals surface area (Å²) in [6.07, 6.45) is 2.80. The number of carbonyl (C=O) groups excluding carboxylic acids is 1. The predicted molar refractivity (Wildman–Crippen MR) is 242 cm³/mol. The maximum absolute atomic E-state index is 14.7. The smallest absolute Gasteiger partial charge is 0.311 e. The molecule has 2 N–H and O–H groups in total. The lowest BCUT2D eigenvalue weighted by atomic mass is 9.72. The van der Waals surface area contributed by atoms with Crippen molar-refractivity contribution in [3.8, 4) is 0 Å². The van der Waals surface area contributed by atoms with E-state index in [9.17, 15) is 15.0 Å². The molecule has 0 aromatic rings. The molecule has 12 heteroatoms. The molecule has 1 unspecified atom stereocenters. The highest BCUT2D eigenvalue weighted by molar-refractivity contribution is 5.88. The topological polar surface area (TPSA) is 144 Å². The Bertz CT molecular complexity index is 1460. The van der Waals surface area contributed by atoms with Crippen LogP contribution in [0.3, 0.4) is 0 Å². The second kappa shape index (κ2) is 21.8. The summed E-state index contributed by atoms with van der Waals surface area (Å²) in [6, 6.07) is 0. The van der Waals surface area contributed by atoms with E-state index in [4.69, 9.17) is 43.2 Å². The number of carbonyl (C=O) groups is 1. The summed E-state index contributed by atoms with van der Waals surface area (Å²) in [5.41, 5.74) is -2.53. The van der Waals surface area contributed by atoms with Gasteiger partial charge in [-0.05, 0) is 97.8 Å². The molecule has 3 heterocycles. The molecule has 0 radical (unpaired) electrons. The van der Waals surface area contributed by atoms with E-state index in [1.54, 1.807) is 6.08 Å². The highest BCUT2D eigenvalue weighted by Crippen LogP contribution is 2.45. The molecule has 17 atom stereocenters. The molecule has 12 nitrogen and oxygen atoms in total. The third-order valence-electron chi connectivity index (χ3n) is 15.4. The van der Waals surface area contributed by atoms with Crippen LogP contribution in [0.4, 0.5) is 0 Å². The van der Waals surface area contributed by atoms with Crippen LogP contribution >= 0.6 is 0 Å². The molecular weight excluding hydrogens is 791 g/mol. The summed E-state index contributed by atoms with van der Waals surface area (Å²) in [5, 5.41) is 29.5. The first-order chi connectivity index (χ1) is 28.8. The van der Waals surface area contributed by atoms with Crippen LogP contribution in [-0.4, -0.2) is 101 Å². The van der Waals surface area contributed by atoms with E-state index in [0.717, 1.165) is 25.7 Å². The van der Waals surface area contributed by atoms with Crippen molar-refractivity contribution in [2.24, 2.45) is 52.0 Å². The summed E-state index contributed by atoms with van der Waals surface area (Å²) in [6.45, 7) is 36.6. The molecule has 1 saturated carbocycles. The average Bonchev–Trinajstić information content (AvgIpc) is 3.19. The summed E-state index contributed by atoms with van der Waals surface area (Å²) >= 11 is 0. The second-order valence-electron chi connectivity index (χ2n) is 21.5. The van der Waals surface area contributed by atoms with Crippen LogP contribution in [0.1, 0.15) is 169 Å². The molecule has 0 amide bonds. The normalized spacial score (nSPS) is 44.3. The van der Waals surface area contributed by atoms with Crippen molar-refractivity contribution in [2.45, 2.75) is 241 Å². The van der Waals surface area contributed by atoms with Gasteiger partial charge >= 0.3 is 5.97 Å². The van der Waals surface area contributed by atoms with Gasteiger partial charge in [0.2, 0.25) is 5.79 Å². The fraction of sp³-hybridized carbons (Fsp3) is 0.920. The minimum absolute atomic E-state index is 0.0289. The van der Waals surface area contributed by atoms with Gasteiger partial charge in [-0.2, -0.15) is 0 Å². The largest absolute Gasteiger partial charge is 0.459 e. The van der Waals surface area contributed by atoms with Crippen LogP contribution in [0.2, 0.25) is 0 Å². The van der Waals surface area contributed by atoms with Crippen LogP contribution in [-0.2, 0) is 42.8 Å². The molecule has 3 aliphatic heterocycles. The molecule has 4 fully saturated rings. The average molecular weight is 880 g/mol. The van der Waals surface area contributed by atoms with Crippen molar-refractivity contribution < 1.29 is 53.0 Å². The van der Waals surface area contributed by atoms with Crippen molar-refractivity contribution in [3.63, 3.8) is 0 Å². The Balaban J connectivity index is 1.95. The zero-order valence-corrected chi connectivity index (χ0v) is 41.6.